The largest absolute Gasteiger partial charge is 0.338 e. The highest BCUT2D eigenvalue weighted by atomic mass is 32.1. The molecule has 2 aromatic rings. The van der Waals surface area contributed by atoms with Gasteiger partial charge in [0, 0.05) is 18.7 Å². The zero-order chi connectivity index (χ0) is 14.8. The number of hydrogen-bond donors (Lipinski definition) is 0. The fraction of sp³-hybridized carbons (Fsp3) is 0.375. The number of benzene rings is 1. The van der Waals surface area contributed by atoms with E-state index in [0.717, 1.165) is 36.5 Å². The summed E-state index contributed by atoms with van der Waals surface area (Å²) in [5, 5.41) is 0.753. The van der Waals surface area contributed by atoms with Crippen LogP contribution in [0.1, 0.15) is 29.4 Å². The van der Waals surface area contributed by atoms with Gasteiger partial charge in [0.05, 0.1) is 6.20 Å². The molecule has 0 radical (unpaired) electrons. The van der Waals surface area contributed by atoms with E-state index in [-0.39, 0.29) is 11.7 Å². The maximum atomic E-state index is 12.9. The minimum absolute atomic E-state index is 0.0627. The normalized spacial score (nSPS) is 16.2. The van der Waals surface area contributed by atoms with Crippen molar-refractivity contribution in [1.82, 2.24) is 9.88 Å². The van der Waals surface area contributed by atoms with Crippen LogP contribution in [-0.4, -0.2) is 28.9 Å². The second-order valence-corrected chi connectivity index (χ2v) is 6.54. The van der Waals surface area contributed by atoms with Gasteiger partial charge in [-0.3, -0.25) is 4.79 Å². The molecule has 5 heteroatoms. The van der Waals surface area contributed by atoms with Gasteiger partial charge in [-0.25, -0.2) is 9.37 Å². The summed E-state index contributed by atoms with van der Waals surface area (Å²) in [6, 6.07) is 6.19. The fourth-order valence-electron chi connectivity index (χ4n) is 2.47. The molecule has 2 heterocycles. The van der Waals surface area contributed by atoms with Gasteiger partial charge in [-0.15, -0.1) is 11.3 Å². The van der Waals surface area contributed by atoms with Crippen molar-refractivity contribution in [2.45, 2.75) is 19.8 Å². The third-order valence-electron chi connectivity index (χ3n) is 3.88. The number of rotatable bonds is 2. The molecule has 0 spiro atoms. The second kappa shape index (κ2) is 5.93. The lowest BCUT2D eigenvalue weighted by atomic mass is 9.99. The number of likely N-dealkylation sites (tertiary alicyclic amines) is 1. The summed E-state index contributed by atoms with van der Waals surface area (Å²) in [6.07, 6.45) is 3.76. The van der Waals surface area contributed by atoms with Crippen LogP contribution in [0.25, 0.3) is 10.6 Å². The quantitative estimate of drug-likeness (QED) is 0.845. The van der Waals surface area contributed by atoms with Crippen LogP contribution >= 0.6 is 11.3 Å². The Labute approximate surface area is 127 Å². The number of thiazole rings is 1. The number of hydrogen-bond acceptors (Lipinski definition) is 3. The minimum Gasteiger partial charge on any atom is -0.338 e. The van der Waals surface area contributed by atoms with Crippen molar-refractivity contribution < 1.29 is 9.18 Å². The molecule has 1 aliphatic rings. The number of carbonyl (C=O) groups excluding carboxylic acids is 1. The molecule has 0 saturated carbocycles. The summed E-state index contributed by atoms with van der Waals surface area (Å²) in [7, 11) is 0. The van der Waals surface area contributed by atoms with Gasteiger partial charge in [-0.05, 0) is 43.0 Å². The molecule has 0 N–H and O–H groups in total. The van der Waals surface area contributed by atoms with E-state index >= 15 is 0 Å². The van der Waals surface area contributed by atoms with Gasteiger partial charge in [-0.2, -0.15) is 0 Å². The van der Waals surface area contributed by atoms with Crippen molar-refractivity contribution in [1.29, 1.82) is 0 Å². The standard InChI is InChI=1S/C16H17FN2OS/c1-11-6-8-19(9-7-11)16(20)14-10-18-15(21-14)12-2-4-13(17)5-3-12/h2-5,10-11H,6-9H2,1H3. The third kappa shape index (κ3) is 3.13. The molecule has 1 saturated heterocycles. The van der Waals surface area contributed by atoms with Gasteiger partial charge < -0.3 is 4.90 Å². The Balaban J connectivity index is 1.75. The molecule has 1 aromatic carbocycles. The SMILES string of the molecule is CC1CCN(C(=O)c2cnc(-c3ccc(F)cc3)s2)CC1. The molecule has 1 aliphatic heterocycles. The van der Waals surface area contributed by atoms with Gasteiger partial charge >= 0.3 is 0 Å². The smallest absolute Gasteiger partial charge is 0.265 e. The molecule has 0 unspecified atom stereocenters. The Kier molecular flexibility index (Phi) is 4.01. The molecule has 21 heavy (non-hydrogen) atoms. The zero-order valence-electron chi connectivity index (χ0n) is 11.9. The van der Waals surface area contributed by atoms with E-state index in [1.165, 1.54) is 23.5 Å². The Morgan fingerprint density at radius 2 is 1.95 bits per heavy atom. The van der Waals surface area contributed by atoms with Crippen molar-refractivity contribution >= 4 is 17.2 Å². The molecular formula is C16H17FN2OS. The number of halogens is 1. The molecule has 110 valence electrons. The van der Waals surface area contributed by atoms with Crippen LogP contribution in [0.4, 0.5) is 4.39 Å². The average Bonchev–Trinajstić information content (AvgIpc) is 2.98. The summed E-state index contributed by atoms with van der Waals surface area (Å²) in [6.45, 7) is 3.87. The minimum atomic E-state index is -0.269. The van der Waals surface area contributed by atoms with E-state index < -0.39 is 0 Å². The first-order valence-electron chi connectivity index (χ1n) is 7.14. The Morgan fingerprint density at radius 3 is 2.62 bits per heavy atom. The van der Waals surface area contributed by atoms with Crippen molar-refractivity contribution in [2.75, 3.05) is 13.1 Å². The number of amides is 1. The maximum Gasteiger partial charge on any atom is 0.265 e. The lowest BCUT2D eigenvalue weighted by Crippen LogP contribution is -2.37. The first-order chi connectivity index (χ1) is 10.1. The van der Waals surface area contributed by atoms with Crippen LogP contribution in [0.5, 0.6) is 0 Å². The molecular weight excluding hydrogens is 287 g/mol. The van der Waals surface area contributed by atoms with E-state index in [1.807, 2.05) is 4.90 Å². The Hall–Kier alpha value is -1.75. The fourth-order valence-corrected chi connectivity index (χ4v) is 3.36. The molecule has 1 amide bonds. The van der Waals surface area contributed by atoms with E-state index in [1.54, 1.807) is 18.3 Å². The van der Waals surface area contributed by atoms with Crippen LogP contribution in [0.15, 0.2) is 30.5 Å². The lowest BCUT2D eigenvalue weighted by molar-refractivity contribution is 0.0702. The summed E-state index contributed by atoms with van der Waals surface area (Å²) in [5.74, 6) is 0.493. The van der Waals surface area contributed by atoms with Gasteiger partial charge in [0.2, 0.25) is 0 Å². The average molecular weight is 304 g/mol. The van der Waals surface area contributed by atoms with Gasteiger partial charge in [0.1, 0.15) is 15.7 Å². The summed E-state index contributed by atoms with van der Waals surface area (Å²) in [5.41, 5.74) is 0.840. The topological polar surface area (TPSA) is 33.2 Å². The zero-order valence-corrected chi connectivity index (χ0v) is 12.7. The van der Waals surface area contributed by atoms with Crippen molar-refractivity contribution in [2.24, 2.45) is 5.92 Å². The van der Waals surface area contributed by atoms with Crippen LogP contribution in [-0.2, 0) is 0 Å². The van der Waals surface area contributed by atoms with E-state index in [2.05, 4.69) is 11.9 Å². The Morgan fingerprint density at radius 1 is 1.29 bits per heavy atom. The highest BCUT2D eigenvalue weighted by Gasteiger charge is 2.23. The Bertz CT molecular complexity index is 630. The summed E-state index contributed by atoms with van der Waals surface area (Å²) >= 11 is 1.37. The van der Waals surface area contributed by atoms with Gasteiger partial charge in [0.15, 0.2) is 0 Å². The van der Waals surface area contributed by atoms with Crippen molar-refractivity contribution in [3.63, 3.8) is 0 Å². The number of carbonyl (C=O) groups is 1. The van der Waals surface area contributed by atoms with E-state index in [9.17, 15) is 9.18 Å². The molecule has 3 rings (SSSR count). The van der Waals surface area contributed by atoms with Crippen LogP contribution in [0.3, 0.4) is 0 Å². The van der Waals surface area contributed by atoms with Crippen LogP contribution in [0.2, 0.25) is 0 Å². The predicted molar refractivity (Wildman–Crippen MR) is 81.8 cm³/mol. The third-order valence-corrected chi connectivity index (χ3v) is 4.91. The molecule has 3 nitrogen and oxygen atoms in total. The van der Waals surface area contributed by atoms with Crippen molar-refractivity contribution in [3.05, 3.63) is 41.2 Å². The number of nitrogens with zero attached hydrogens (tertiary/aromatic N) is 2. The predicted octanol–water partition coefficient (Wildman–Crippen LogP) is 3.82. The molecule has 0 bridgehead atoms. The monoisotopic (exact) mass is 304 g/mol. The molecule has 0 atom stereocenters. The van der Waals surface area contributed by atoms with Crippen LogP contribution in [0, 0.1) is 11.7 Å². The highest BCUT2D eigenvalue weighted by molar-refractivity contribution is 7.16. The van der Waals surface area contributed by atoms with E-state index in [0.29, 0.717) is 10.8 Å². The second-order valence-electron chi connectivity index (χ2n) is 5.51. The summed E-state index contributed by atoms with van der Waals surface area (Å²) < 4.78 is 12.9. The lowest BCUT2D eigenvalue weighted by Gasteiger charge is -2.29. The van der Waals surface area contributed by atoms with E-state index in [4.69, 9.17) is 0 Å². The number of piperidine rings is 1. The van der Waals surface area contributed by atoms with Crippen LogP contribution < -0.4 is 0 Å². The van der Waals surface area contributed by atoms with Gasteiger partial charge in [0.25, 0.3) is 5.91 Å². The highest BCUT2D eigenvalue weighted by Crippen LogP contribution is 2.27. The summed E-state index contributed by atoms with van der Waals surface area (Å²) in [4.78, 5) is 19.3. The van der Waals surface area contributed by atoms with Crippen molar-refractivity contribution in [3.8, 4) is 10.6 Å². The first kappa shape index (κ1) is 14.2. The first-order valence-corrected chi connectivity index (χ1v) is 7.96. The number of aromatic nitrogens is 1. The van der Waals surface area contributed by atoms with Gasteiger partial charge in [-0.1, -0.05) is 6.92 Å². The maximum absolute atomic E-state index is 12.9. The molecule has 1 aromatic heterocycles. The molecule has 1 fully saturated rings. The molecule has 0 aliphatic carbocycles.